The van der Waals surface area contributed by atoms with Crippen LogP contribution in [0.5, 0.6) is 0 Å². The van der Waals surface area contributed by atoms with E-state index in [1.54, 1.807) is 6.08 Å². The Morgan fingerprint density at radius 2 is 1.71 bits per heavy atom. The van der Waals surface area contributed by atoms with E-state index in [0.717, 1.165) is 37.0 Å². The molecule has 3 N–H and O–H groups in total. The van der Waals surface area contributed by atoms with Crippen LogP contribution in [0.15, 0.2) is 11.6 Å². The van der Waals surface area contributed by atoms with Crippen molar-refractivity contribution in [1.82, 2.24) is 0 Å². The maximum atomic E-state index is 11.7. The number of fused-ring (bicyclic) bond motifs is 5. The largest absolute Gasteiger partial charge is 0.458 e. The number of rotatable bonds is 3. The standard InChI is InChI=1S/C28H42O7/c1-27-9-7-17(35-26-25(32)24(31)22(29)14-34-26)12-16(27)3-4-18-20-6-5-19(15-11-23(30)33-13-15)28(20,2)10-8-21(18)27/h11,16-22,24-26,29,31-32H,3-10,12-14H2,1-2H3/t16-,17+,18+,19-,20+,21+,22-,24-,25+,26?,27+,28-/m1/s1. The summed E-state index contributed by atoms with van der Waals surface area (Å²) in [7, 11) is 0. The lowest BCUT2D eigenvalue weighted by molar-refractivity contribution is -0.289. The van der Waals surface area contributed by atoms with Crippen LogP contribution in [0.1, 0.15) is 71.6 Å². The molecule has 12 atom stereocenters. The van der Waals surface area contributed by atoms with Crippen molar-refractivity contribution in [3.05, 3.63) is 11.6 Å². The van der Waals surface area contributed by atoms with E-state index in [2.05, 4.69) is 13.8 Å². The lowest BCUT2D eigenvalue weighted by Crippen LogP contribution is -2.56. The average Bonchev–Trinajstić information content (AvgIpc) is 3.42. The fourth-order valence-corrected chi connectivity index (χ4v) is 9.63. The van der Waals surface area contributed by atoms with Crippen molar-refractivity contribution >= 4 is 5.97 Å². The van der Waals surface area contributed by atoms with Gasteiger partial charge < -0.3 is 29.5 Å². The highest BCUT2D eigenvalue weighted by atomic mass is 16.7. The summed E-state index contributed by atoms with van der Waals surface area (Å²) >= 11 is 0. The number of esters is 1. The van der Waals surface area contributed by atoms with E-state index in [1.165, 1.54) is 44.1 Å². The zero-order valence-corrected chi connectivity index (χ0v) is 21.1. The first kappa shape index (κ1) is 24.4. The van der Waals surface area contributed by atoms with Crippen LogP contribution in [0.2, 0.25) is 0 Å². The van der Waals surface area contributed by atoms with Crippen LogP contribution in [0.4, 0.5) is 0 Å². The van der Waals surface area contributed by atoms with Crippen molar-refractivity contribution in [3.8, 4) is 0 Å². The van der Waals surface area contributed by atoms with E-state index in [-0.39, 0.29) is 24.1 Å². The predicted octanol–water partition coefficient (Wildman–Crippen LogP) is 2.95. The molecule has 7 nitrogen and oxygen atoms in total. The Balaban J connectivity index is 1.13. The van der Waals surface area contributed by atoms with Gasteiger partial charge in [-0.15, -0.1) is 0 Å². The first-order valence-electron chi connectivity index (χ1n) is 13.9. The minimum absolute atomic E-state index is 0.0150. The maximum absolute atomic E-state index is 11.7. The maximum Gasteiger partial charge on any atom is 0.331 e. The van der Waals surface area contributed by atoms with Gasteiger partial charge in [-0.1, -0.05) is 13.8 Å². The molecular weight excluding hydrogens is 448 g/mol. The Labute approximate surface area is 208 Å². The highest BCUT2D eigenvalue weighted by Crippen LogP contribution is 2.68. The Hall–Kier alpha value is -0.990. The van der Waals surface area contributed by atoms with Crippen LogP contribution in [0, 0.1) is 40.4 Å². The molecule has 4 aliphatic carbocycles. The van der Waals surface area contributed by atoms with E-state index in [0.29, 0.717) is 23.9 Å². The average molecular weight is 491 g/mol. The minimum Gasteiger partial charge on any atom is -0.458 e. The molecule has 0 spiro atoms. The molecule has 6 aliphatic rings. The smallest absolute Gasteiger partial charge is 0.331 e. The highest BCUT2D eigenvalue weighted by Gasteiger charge is 2.61. The Morgan fingerprint density at radius 1 is 0.943 bits per heavy atom. The predicted molar refractivity (Wildman–Crippen MR) is 127 cm³/mol. The molecule has 0 aromatic rings. The number of aliphatic hydroxyl groups excluding tert-OH is 3. The summed E-state index contributed by atoms with van der Waals surface area (Å²) in [6.45, 7) is 5.50. The minimum atomic E-state index is -1.23. The van der Waals surface area contributed by atoms with Crippen LogP contribution in [0.3, 0.4) is 0 Å². The molecule has 1 saturated heterocycles. The third kappa shape index (κ3) is 3.83. The number of ether oxygens (including phenoxy) is 3. The third-order valence-electron chi connectivity index (χ3n) is 11.5. The van der Waals surface area contributed by atoms with E-state index in [4.69, 9.17) is 14.2 Å². The second-order valence-corrected chi connectivity index (χ2v) is 12.9. The van der Waals surface area contributed by atoms with Gasteiger partial charge in [0.1, 0.15) is 24.9 Å². The van der Waals surface area contributed by atoms with Gasteiger partial charge in [0.15, 0.2) is 6.29 Å². The van der Waals surface area contributed by atoms with Crippen molar-refractivity contribution in [2.24, 2.45) is 40.4 Å². The van der Waals surface area contributed by atoms with Crippen LogP contribution >= 0.6 is 0 Å². The third-order valence-corrected chi connectivity index (χ3v) is 11.5. The van der Waals surface area contributed by atoms with Crippen LogP contribution in [-0.4, -0.2) is 65.2 Å². The monoisotopic (exact) mass is 490 g/mol. The number of carbonyl (C=O) groups is 1. The summed E-state index contributed by atoms with van der Waals surface area (Å²) in [6.07, 6.45) is 7.89. The second-order valence-electron chi connectivity index (χ2n) is 12.9. The van der Waals surface area contributed by atoms with Gasteiger partial charge in [0, 0.05) is 6.08 Å². The van der Waals surface area contributed by atoms with Gasteiger partial charge in [0.05, 0.1) is 12.7 Å². The molecule has 1 unspecified atom stereocenters. The molecule has 2 aliphatic heterocycles. The molecule has 0 aromatic carbocycles. The zero-order chi connectivity index (χ0) is 24.5. The summed E-state index contributed by atoms with van der Waals surface area (Å²) < 4.78 is 17.0. The SMILES string of the molecule is C[C@]12CC[C@H](OC3OC[C@@H](O)[C@@H](O)[C@@H]3O)C[C@H]1CC[C@@H]1[C@@H]2CC[C@]2(C)[C@@H](C3=CC(=O)OC3)CC[C@@H]12. The molecule has 35 heavy (non-hydrogen) atoms. The normalized spacial score (nSPS) is 53.9. The first-order chi connectivity index (χ1) is 16.7. The first-order valence-corrected chi connectivity index (χ1v) is 13.9. The number of carbonyl (C=O) groups excluding carboxylic acids is 1. The van der Waals surface area contributed by atoms with Gasteiger partial charge in [-0.3, -0.25) is 0 Å². The topological polar surface area (TPSA) is 105 Å². The van der Waals surface area contributed by atoms with Crippen LogP contribution in [-0.2, 0) is 19.0 Å². The molecule has 7 heteroatoms. The molecule has 0 aromatic heterocycles. The van der Waals surface area contributed by atoms with E-state index >= 15 is 0 Å². The molecule has 0 bridgehead atoms. The quantitative estimate of drug-likeness (QED) is 0.413. The van der Waals surface area contributed by atoms with Crippen molar-refractivity contribution in [3.63, 3.8) is 0 Å². The van der Waals surface area contributed by atoms with Gasteiger partial charge in [-0.05, 0) is 104 Å². The molecule has 0 radical (unpaired) electrons. The lowest BCUT2D eigenvalue weighted by Gasteiger charge is -2.61. The van der Waals surface area contributed by atoms with Crippen molar-refractivity contribution < 1.29 is 34.3 Å². The number of aliphatic hydroxyl groups is 3. The highest BCUT2D eigenvalue weighted by molar-refractivity contribution is 5.85. The molecule has 6 rings (SSSR count). The van der Waals surface area contributed by atoms with Gasteiger partial charge in [-0.25, -0.2) is 4.79 Å². The van der Waals surface area contributed by atoms with Crippen molar-refractivity contribution in [2.45, 2.75) is 102 Å². The van der Waals surface area contributed by atoms with E-state index in [9.17, 15) is 20.1 Å². The van der Waals surface area contributed by atoms with Crippen LogP contribution in [0.25, 0.3) is 0 Å². The summed E-state index contributed by atoms with van der Waals surface area (Å²) in [4.78, 5) is 11.7. The van der Waals surface area contributed by atoms with Crippen molar-refractivity contribution in [2.75, 3.05) is 13.2 Å². The molecular formula is C28H42O7. The van der Waals surface area contributed by atoms with Crippen LogP contribution < -0.4 is 0 Å². The summed E-state index contributed by atoms with van der Waals surface area (Å²) in [6, 6.07) is 0. The number of hydrogen-bond acceptors (Lipinski definition) is 7. The molecule has 0 amide bonds. The van der Waals surface area contributed by atoms with Gasteiger partial charge in [0.25, 0.3) is 0 Å². The fraction of sp³-hybridized carbons (Fsp3) is 0.893. The number of cyclic esters (lactones) is 1. The van der Waals surface area contributed by atoms with Crippen molar-refractivity contribution in [1.29, 1.82) is 0 Å². The summed E-state index contributed by atoms with van der Waals surface area (Å²) in [5.74, 6) is 3.16. The van der Waals surface area contributed by atoms with E-state index in [1.807, 2.05) is 0 Å². The Bertz CT molecular complexity index is 873. The fourth-order valence-electron chi connectivity index (χ4n) is 9.63. The summed E-state index contributed by atoms with van der Waals surface area (Å²) in [5.41, 5.74) is 1.83. The molecule has 4 saturated carbocycles. The zero-order valence-electron chi connectivity index (χ0n) is 21.1. The summed E-state index contributed by atoms with van der Waals surface area (Å²) in [5, 5.41) is 30.1. The molecule has 5 fully saturated rings. The van der Waals surface area contributed by atoms with Gasteiger partial charge >= 0.3 is 5.97 Å². The number of hydrogen-bond donors (Lipinski definition) is 3. The Kier molecular flexibility index (Phi) is 6.12. The lowest BCUT2D eigenvalue weighted by atomic mass is 9.44. The second kappa shape index (κ2) is 8.80. The van der Waals surface area contributed by atoms with E-state index < -0.39 is 24.6 Å². The Morgan fingerprint density at radius 3 is 2.49 bits per heavy atom. The van der Waals surface area contributed by atoms with Gasteiger partial charge in [-0.2, -0.15) is 0 Å². The molecule has 196 valence electrons. The van der Waals surface area contributed by atoms with Gasteiger partial charge in [0.2, 0.25) is 0 Å². The molecule has 2 heterocycles.